The Labute approximate surface area is 120 Å². The van der Waals surface area contributed by atoms with E-state index in [1.165, 1.54) is 5.56 Å². The van der Waals surface area contributed by atoms with Crippen LogP contribution in [-0.2, 0) is 4.74 Å². The molecule has 0 aliphatic carbocycles. The summed E-state index contributed by atoms with van der Waals surface area (Å²) in [6.07, 6.45) is 0. The zero-order chi connectivity index (χ0) is 14.3. The number of rotatable bonds is 7. The van der Waals surface area contributed by atoms with Crippen LogP contribution in [0.4, 0.5) is 0 Å². The van der Waals surface area contributed by atoms with Crippen molar-refractivity contribution in [3.63, 3.8) is 0 Å². The average molecular weight is 284 g/mol. The van der Waals surface area contributed by atoms with Gasteiger partial charge in [-0.2, -0.15) is 0 Å². The Balaban J connectivity index is 2.51. The van der Waals surface area contributed by atoms with E-state index < -0.39 is 0 Å². The van der Waals surface area contributed by atoms with E-state index in [-0.39, 0.29) is 5.91 Å². The normalized spacial score (nSPS) is 10.8. The Morgan fingerprint density at radius 3 is 2.42 bits per heavy atom. The van der Waals surface area contributed by atoms with Gasteiger partial charge in [-0.05, 0) is 23.6 Å². The molecule has 0 spiro atoms. The lowest BCUT2D eigenvalue weighted by Crippen LogP contribution is -2.30. The molecule has 0 fully saturated rings. The molecule has 19 heavy (non-hydrogen) atoms. The maximum absolute atomic E-state index is 12.1. The van der Waals surface area contributed by atoms with Crippen LogP contribution in [0.25, 0.3) is 0 Å². The molecule has 0 unspecified atom stereocenters. The molecule has 0 N–H and O–H groups in total. The number of benzene rings is 1. The number of hydrogen-bond donors (Lipinski definition) is 0. The van der Waals surface area contributed by atoms with Crippen molar-refractivity contribution in [3.05, 3.63) is 35.4 Å². The highest BCUT2D eigenvalue weighted by Gasteiger charge is 2.11. The van der Waals surface area contributed by atoms with Crippen molar-refractivity contribution in [2.75, 3.05) is 32.7 Å². The molecule has 0 atom stereocenters. The highest BCUT2D eigenvalue weighted by atomic mass is 35.5. The highest BCUT2D eigenvalue weighted by Crippen LogP contribution is 2.15. The van der Waals surface area contributed by atoms with Gasteiger partial charge in [-0.3, -0.25) is 4.79 Å². The van der Waals surface area contributed by atoms with Crippen molar-refractivity contribution in [2.45, 2.75) is 19.8 Å². The second-order valence-electron chi connectivity index (χ2n) is 4.80. The number of hydrogen-bond acceptors (Lipinski definition) is 2. The van der Waals surface area contributed by atoms with Gasteiger partial charge < -0.3 is 9.64 Å². The summed E-state index contributed by atoms with van der Waals surface area (Å²) in [5, 5.41) is 0. The van der Waals surface area contributed by atoms with Gasteiger partial charge in [-0.1, -0.05) is 26.0 Å². The van der Waals surface area contributed by atoms with E-state index in [0.717, 1.165) is 0 Å². The molecule has 1 rings (SSSR count). The van der Waals surface area contributed by atoms with Gasteiger partial charge in [0, 0.05) is 25.0 Å². The molecule has 0 aromatic heterocycles. The summed E-state index contributed by atoms with van der Waals surface area (Å²) >= 11 is 5.51. The van der Waals surface area contributed by atoms with Crippen molar-refractivity contribution in [1.82, 2.24) is 4.90 Å². The number of likely N-dealkylation sites (N-methyl/N-ethyl adjacent to an activating group) is 1. The number of ether oxygens (including phenoxy) is 1. The van der Waals surface area contributed by atoms with E-state index in [2.05, 4.69) is 13.8 Å². The molecule has 0 saturated heterocycles. The number of amides is 1. The monoisotopic (exact) mass is 283 g/mol. The Hall–Kier alpha value is -1.06. The summed E-state index contributed by atoms with van der Waals surface area (Å²) in [5.74, 6) is 0.976. The lowest BCUT2D eigenvalue weighted by Gasteiger charge is -2.17. The lowest BCUT2D eigenvalue weighted by atomic mass is 10.0. The molecular formula is C15H22ClNO2. The van der Waals surface area contributed by atoms with Crippen LogP contribution in [0.15, 0.2) is 24.3 Å². The van der Waals surface area contributed by atoms with Crippen LogP contribution in [0.2, 0.25) is 0 Å². The Morgan fingerprint density at radius 2 is 1.89 bits per heavy atom. The Kier molecular flexibility index (Phi) is 6.89. The molecule has 1 amide bonds. The van der Waals surface area contributed by atoms with Crippen LogP contribution in [-0.4, -0.2) is 43.5 Å². The van der Waals surface area contributed by atoms with Crippen LogP contribution in [0.5, 0.6) is 0 Å². The first-order chi connectivity index (χ1) is 9.06. The van der Waals surface area contributed by atoms with Crippen molar-refractivity contribution >= 4 is 17.5 Å². The number of halogens is 1. The molecule has 3 nitrogen and oxygen atoms in total. The second-order valence-corrected chi connectivity index (χ2v) is 5.18. The second kappa shape index (κ2) is 8.18. The minimum Gasteiger partial charge on any atom is -0.378 e. The molecule has 0 radical (unpaired) electrons. The minimum absolute atomic E-state index is 0.0183. The Bertz CT molecular complexity index is 390. The minimum atomic E-state index is 0.0183. The standard InChI is InChI=1S/C15H22ClNO2/c1-12(2)13-4-6-14(7-5-13)15(18)17(3)9-11-19-10-8-16/h4-7,12H,8-11H2,1-3H3. The zero-order valence-corrected chi connectivity index (χ0v) is 12.6. The number of carbonyl (C=O) groups excluding carboxylic acids is 1. The summed E-state index contributed by atoms with van der Waals surface area (Å²) in [7, 11) is 1.78. The molecule has 4 heteroatoms. The highest BCUT2D eigenvalue weighted by molar-refractivity contribution is 6.17. The van der Waals surface area contributed by atoms with E-state index in [4.69, 9.17) is 16.3 Å². The van der Waals surface area contributed by atoms with Crippen molar-refractivity contribution in [2.24, 2.45) is 0 Å². The van der Waals surface area contributed by atoms with E-state index in [1.54, 1.807) is 11.9 Å². The third-order valence-electron chi connectivity index (χ3n) is 2.96. The van der Waals surface area contributed by atoms with E-state index in [1.807, 2.05) is 24.3 Å². The first kappa shape index (κ1) is 16.0. The molecule has 0 saturated carbocycles. The fourth-order valence-corrected chi connectivity index (χ4v) is 1.80. The molecule has 0 aliphatic rings. The van der Waals surface area contributed by atoms with Gasteiger partial charge in [0.15, 0.2) is 0 Å². The summed E-state index contributed by atoms with van der Waals surface area (Å²) < 4.78 is 5.26. The fraction of sp³-hybridized carbons (Fsp3) is 0.533. The van der Waals surface area contributed by atoms with Gasteiger partial charge in [0.05, 0.1) is 13.2 Å². The van der Waals surface area contributed by atoms with Crippen LogP contribution < -0.4 is 0 Å². The van der Waals surface area contributed by atoms with E-state index in [0.29, 0.717) is 37.1 Å². The number of carbonyl (C=O) groups is 1. The Morgan fingerprint density at radius 1 is 1.26 bits per heavy atom. The first-order valence-electron chi connectivity index (χ1n) is 6.55. The summed E-state index contributed by atoms with van der Waals surface area (Å²) in [6.45, 7) is 5.88. The predicted octanol–water partition coefficient (Wildman–Crippen LogP) is 3.14. The van der Waals surface area contributed by atoms with Gasteiger partial charge in [0.2, 0.25) is 0 Å². The first-order valence-corrected chi connectivity index (χ1v) is 7.09. The largest absolute Gasteiger partial charge is 0.378 e. The third kappa shape index (κ3) is 5.21. The maximum atomic E-state index is 12.1. The molecule has 0 bridgehead atoms. The van der Waals surface area contributed by atoms with Crippen LogP contribution in [0.1, 0.15) is 35.7 Å². The van der Waals surface area contributed by atoms with Crippen molar-refractivity contribution in [1.29, 1.82) is 0 Å². The van der Waals surface area contributed by atoms with Crippen molar-refractivity contribution in [3.8, 4) is 0 Å². The molecule has 0 aliphatic heterocycles. The van der Waals surface area contributed by atoms with Gasteiger partial charge in [0.1, 0.15) is 0 Å². The molecule has 1 aromatic carbocycles. The smallest absolute Gasteiger partial charge is 0.253 e. The number of alkyl halides is 1. The maximum Gasteiger partial charge on any atom is 0.253 e. The van der Waals surface area contributed by atoms with Crippen LogP contribution >= 0.6 is 11.6 Å². The fourth-order valence-electron chi connectivity index (χ4n) is 1.69. The van der Waals surface area contributed by atoms with E-state index >= 15 is 0 Å². The van der Waals surface area contributed by atoms with Crippen molar-refractivity contribution < 1.29 is 9.53 Å². The van der Waals surface area contributed by atoms with Gasteiger partial charge in [-0.25, -0.2) is 0 Å². The number of nitrogens with zero attached hydrogens (tertiary/aromatic N) is 1. The predicted molar refractivity (Wildman–Crippen MR) is 79.0 cm³/mol. The van der Waals surface area contributed by atoms with Gasteiger partial charge in [-0.15, -0.1) is 11.6 Å². The quantitative estimate of drug-likeness (QED) is 0.568. The average Bonchev–Trinajstić information content (AvgIpc) is 2.42. The van der Waals surface area contributed by atoms with E-state index in [9.17, 15) is 4.79 Å². The lowest BCUT2D eigenvalue weighted by molar-refractivity contribution is 0.0712. The van der Waals surface area contributed by atoms with Gasteiger partial charge >= 0.3 is 0 Å². The third-order valence-corrected chi connectivity index (χ3v) is 3.12. The summed E-state index contributed by atoms with van der Waals surface area (Å²) in [4.78, 5) is 13.8. The van der Waals surface area contributed by atoms with Gasteiger partial charge in [0.25, 0.3) is 5.91 Å². The van der Waals surface area contributed by atoms with Crippen LogP contribution in [0, 0.1) is 0 Å². The SMILES string of the molecule is CC(C)c1ccc(C(=O)N(C)CCOCCCl)cc1. The topological polar surface area (TPSA) is 29.5 Å². The molecule has 106 valence electrons. The molecule has 1 aromatic rings. The summed E-state index contributed by atoms with van der Waals surface area (Å²) in [6, 6.07) is 7.78. The molecular weight excluding hydrogens is 262 g/mol. The summed E-state index contributed by atoms with van der Waals surface area (Å²) in [5.41, 5.74) is 1.95. The zero-order valence-electron chi connectivity index (χ0n) is 11.9. The van der Waals surface area contributed by atoms with Crippen LogP contribution in [0.3, 0.4) is 0 Å². The molecule has 0 heterocycles.